The standard InChI is InChI=1S/C16H16BrN3O4S/c1-3-23-15(22)7-12-9-25-16(19-12)20-18-8-11-6-13(24-10(2)21)4-5-14(11)17/h4-6,8-9H,3,7H2,1-2H3,(H,19,20). The number of rotatable bonds is 7. The number of esters is 2. The Balaban J connectivity index is 1.98. The van der Waals surface area contributed by atoms with E-state index < -0.39 is 0 Å². The second-order valence-electron chi connectivity index (χ2n) is 4.77. The molecule has 0 unspecified atom stereocenters. The van der Waals surface area contributed by atoms with Gasteiger partial charge in [0.05, 0.1) is 24.9 Å². The van der Waals surface area contributed by atoms with Gasteiger partial charge in [-0.3, -0.25) is 15.0 Å². The van der Waals surface area contributed by atoms with Gasteiger partial charge in [0.15, 0.2) is 0 Å². The Morgan fingerprint density at radius 3 is 2.96 bits per heavy atom. The van der Waals surface area contributed by atoms with Crippen molar-refractivity contribution in [3.63, 3.8) is 0 Å². The van der Waals surface area contributed by atoms with Gasteiger partial charge in [-0.2, -0.15) is 5.10 Å². The molecule has 2 aromatic rings. The topological polar surface area (TPSA) is 89.9 Å². The molecule has 0 saturated heterocycles. The fraction of sp³-hybridized carbons (Fsp3) is 0.250. The number of thiazole rings is 1. The molecule has 0 aliphatic heterocycles. The minimum atomic E-state index is -0.389. The maximum Gasteiger partial charge on any atom is 0.311 e. The average molecular weight is 426 g/mol. The molecule has 0 aliphatic carbocycles. The van der Waals surface area contributed by atoms with Crippen LogP contribution in [0.15, 0.2) is 33.2 Å². The van der Waals surface area contributed by atoms with Crippen LogP contribution in [0.5, 0.6) is 5.75 Å². The number of hydrogen-bond donors (Lipinski definition) is 1. The van der Waals surface area contributed by atoms with Crippen molar-refractivity contribution in [2.75, 3.05) is 12.0 Å². The van der Waals surface area contributed by atoms with Gasteiger partial charge in [0.2, 0.25) is 5.13 Å². The predicted octanol–water partition coefficient (Wildman–Crippen LogP) is 3.38. The second-order valence-corrected chi connectivity index (χ2v) is 6.49. The lowest BCUT2D eigenvalue weighted by molar-refractivity contribution is -0.142. The highest BCUT2D eigenvalue weighted by molar-refractivity contribution is 9.10. The minimum Gasteiger partial charge on any atom is -0.466 e. The molecule has 25 heavy (non-hydrogen) atoms. The number of carbonyl (C=O) groups is 2. The summed E-state index contributed by atoms with van der Waals surface area (Å²) in [5, 5.41) is 6.44. The third kappa shape index (κ3) is 6.28. The zero-order valence-corrected chi connectivity index (χ0v) is 16.0. The molecular weight excluding hydrogens is 410 g/mol. The zero-order valence-electron chi connectivity index (χ0n) is 13.6. The molecule has 1 N–H and O–H groups in total. The Morgan fingerprint density at radius 2 is 2.24 bits per heavy atom. The largest absolute Gasteiger partial charge is 0.466 e. The fourth-order valence-electron chi connectivity index (χ4n) is 1.81. The molecule has 132 valence electrons. The van der Waals surface area contributed by atoms with Gasteiger partial charge in [-0.25, -0.2) is 4.98 Å². The Morgan fingerprint density at radius 1 is 1.44 bits per heavy atom. The van der Waals surface area contributed by atoms with E-state index in [1.165, 1.54) is 18.3 Å². The van der Waals surface area contributed by atoms with Crippen molar-refractivity contribution in [1.82, 2.24) is 4.98 Å². The van der Waals surface area contributed by atoms with Crippen LogP contribution in [0.2, 0.25) is 0 Å². The van der Waals surface area contributed by atoms with E-state index in [9.17, 15) is 9.59 Å². The van der Waals surface area contributed by atoms with Gasteiger partial charge in [-0.05, 0) is 25.1 Å². The van der Waals surface area contributed by atoms with Crippen molar-refractivity contribution >= 4 is 50.6 Å². The number of halogens is 1. The van der Waals surface area contributed by atoms with Crippen molar-refractivity contribution in [3.8, 4) is 5.75 Å². The predicted molar refractivity (Wildman–Crippen MR) is 99.1 cm³/mol. The first-order valence-electron chi connectivity index (χ1n) is 7.35. The van der Waals surface area contributed by atoms with E-state index in [-0.39, 0.29) is 18.4 Å². The van der Waals surface area contributed by atoms with Crippen molar-refractivity contribution in [1.29, 1.82) is 0 Å². The van der Waals surface area contributed by atoms with Gasteiger partial charge in [0, 0.05) is 22.3 Å². The number of carbonyl (C=O) groups excluding carboxylic acids is 2. The Bertz CT molecular complexity index is 791. The molecule has 0 amide bonds. The number of anilines is 1. The van der Waals surface area contributed by atoms with E-state index in [0.29, 0.717) is 23.2 Å². The van der Waals surface area contributed by atoms with Crippen molar-refractivity contribution in [2.45, 2.75) is 20.3 Å². The summed E-state index contributed by atoms with van der Waals surface area (Å²) in [5.74, 6) is -0.266. The summed E-state index contributed by atoms with van der Waals surface area (Å²) in [7, 11) is 0. The normalized spacial score (nSPS) is 10.7. The van der Waals surface area contributed by atoms with Crippen LogP contribution in [0, 0.1) is 0 Å². The molecule has 0 aliphatic rings. The number of hydrogen-bond acceptors (Lipinski definition) is 8. The summed E-state index contributed by atoms with van der Waals surface area (Å²) in [6, 6.07) is 5.13. The molecule has 9 heteroatoms. The quantitative estimate of drug-likeness (QED) is 0.316. The number of nitrogens with zero attached hydrogens (tertiary/aromatic N) is 2. The number of aromatic nitrogens is 1. The van der Waals surface area contributed by atoms with E-state index in [1.54, 1.807) is 36.7 Å². The molecule has 0 spiro atoms. The van der Waals surface area contributed by atoms with Crippen LogP contribution in [-0.2, 0) is 20.7 Å². The molecule has 0 radical (unpaired) electrons. The van der Waals surface area contributed by atoms with E-state index in [1.807, 2.05) is 0 Å². The first-order valence-corrected chi connectivity index (χ1v) is 9.02. The summed E-state index contributed by atoms with van der Waals surface area (Å²) in [4.78, 5) is 26.7. The summed E-state index contributed by atoms with van der Waals surface area (Å²) in [5.41, 5.74) is 4.16. The van der Waals surface area contributed by atoms with Gasteiger partial charge in [-0.1, -0.05) is 15.9 Å². The lowest BCUT2D eigenvalue weighted by Gasteiger charge is -2.04. The lowest BCUT2D eigenvalue weighted by atomic mass is 10.2. The van der Waals surface area contributed by atoms with Crippen LogP contribution in [0.3, 0.4) is 0 Å². The summed E-state index contributed by atoms with van der Waals surface area (Å²) >= 11 is 4.74. The van der Waals surface area contributed by atoms with E-state index in [0.717, 1.165) is 10.0 Å². The first kappa shape index (κ1) is 19.1. The third-order valence-corrected chi connectivity index (χ3v) is 4.29. The highest BCUT2D eigenvalue weighted by Crippen LogP contribution is 2.22. The average Bonchev–Trinajstić information content (AvgIpc) is 2.97. The second kappa shape index (κ2) is 9.28. The van der Waals surface area contributed by atoms with Crippen molar-refractivity contribution in [2.24, 2.45) is 5.10 Å². The Hall–Kier alpha value is -2.26. The molecule has 1 heterocycles. The van der Waals surface area contributed by atoms with Crippen LogP contribution in [0.1, 0.15) is 25.1 Å². The monoisotopic (exact) mass is 425 g/mol. The lowest BCUT2D eigenvalue weighted by Crippen LogP contribution is -2.07. The summed E-state index contributed by atoms with van der Waals surface area (Å²) < 4.78 is 10.7. The first-order chi connectivity index (χ1) is 12.0. The smallest absolute Gasteiger partial charge is 0.311 e. The molecule has 0 bridgehead atoms. The van der Waals surface area contributed by atoms with Crippen LogP contribution in [-0.4, -0.2) is 29.7 Å². The highest BCUT2D eigenvalue weighted by Gasteiger charge is 2.08. The molecule has 2 rings (SSSR count). The molecule has 1 aromatic carbocycles. The molecular formula is C16H16BrN3O4S. The summed E-state index contributed by atoms with van der Waals surface area (Å²) in [6.45, 7) is 3.45. The van der Waals surface area contributed by atoms with Crippen LogP contribution >= 0.6 is 27.3 Å². The fourth-order valence-corrected chi connectivity index (χ4v) is 2.81. The number of hydrazone groups is 1. The molecule has 7 nitrogen and oxygen atoms in total. The molecule has 0 saturated carbocycles. The maximum atomic E-state index is 11.4. The minimum absolute atomic E-state index is 0.131. The third-order valence-electron chi connectivity index (χ3n) is 2.78. The van der Waals surface area contributed by atoms with Gasteiger partial charge >= 0.3 is 11.9 Å². The van der Waals surface area contributed by atoms with Crippen LogP contribution in [0.25, 0.3) is 0 Å². The molecule has 1 aromatic heterocycles. The van der Waals surface area contributed by atoms with Crippen LogP contribution < -0.4 is 10.2 Å². The van der Waals surface area contributed by atoms with Gasteiger partial charge in [0.1, 0.15) is 5.75 Å². The van der Waals surface area contributed by atoms with E-state index >= 15 is 0 Å². The van der Waals surface area contributed by atoms with Gasteiger partial charge in [0.25, 0.3) is 0 Å². The number of nitrogens with one attached hydrogen (secondary N) is 1. The molecule has 0 atom stereocenters. The van der Waals surface area contributed by atoms with Crippen molar-refractivity contribution < 1.29 is 19.1 Å². The Labute approximate surface area is 157 Å². The highest BCUT2D eigenvalue weighted by atomic mass is 79.9. The molecule has 0 fully saturated rings. The van der Waals surface area contributed by atoms with Gasteiger partial charge in [-0.15, -0.1) is 11.3 Å². The van der Waals surface area contributed by atoms with Crippen LogP contribution in [0.4, 0.5) is 5.13 Å². The van der Waals surface area contributed by atoms with Gasteiger partial charge < -0.3 is 9.47 Å². The van der Waals surface area contributed by atoms with E-state index in [4.69, 9.17) is 9.47 Å². The number of benzene rings is 1. The Kier molecular flexibility index (Phi) is 7.08. The SMILES string of the molecule is CCOC(=O)Cc1csc(NN=Cc2cc(OC(C)=O)ccc2Br)n1. The van der Waals surface area contributed by atoms with Crippen molar-refractivity contribution in [3.05, 3.63) is 39.3 Å². The summed E-state index contributed by atoms with van der Waals surface area (Å²) in [6.07, 6.45) is 1.70. The number of ether oxygens (including phenoxy) is 2. The van der Waals surface area contributed by atoms with E-state index in [2.05, 4.69) is 31.4 Å². The maximum absolute atomic E-state index is 11.4. The zero-order chi connectivity index (χ0) is 18.2.